The Hall–Kier alpha value is -1.63. The zero-order chi connectivity index (χ0) is 48.1. The molecule has 0 fully saturated rings. The lowest BCUT2D eigenvalue weighted by molar-refractivity contribution is -0.167. The first-order valence-corrected chi connectivity index (χ1v) is 29.6. The van der Waals surface area contributed by atoms with Crippen LogP contribution < -0.4 is 0 Å². The van der Waals surface area contributed by atoms with Crippen LogP contribution in [0.2, 0.25) is 0 Å². The second-order valence-electron chi connectivity index (χ2n) is 20.5. The molecule has 2 atom stereocenters. The van der Waals surface area contributed by atoms with Gasteiger partial charge in [-0.05, 0) is 32.1 Å². The number of hydrogen-bond acceptors (Lipinski definition) is 7. The van der Waals surface area contributed by atoms with Crippen molar-refractivity contribution < 1.29 is 33.7 Å². The van der Waals surface area contributed by atoms with Crippen molar-refractivity contribution in [2.45, 2.75) is 348 Å². The van der Waals surface area contributed by atoms with Crippen molar-refractivity contribution in [3.63, 3.8) is 0 Å². The monoisotopic (exact) mass is 935 g/mol. The molecule has 7 heteroatoms. The van der Waals surface area contributed by atoms with Gasteiger partial charge in [0.1, 0.15) is 13.2 Å². The third-order valence-electron chi connectivity index (χ3n) is 13.7. The Bertz CT molecular complexity index is 1000. The van der Waals surface area contributed by atoms with Gasteiger partial charge in [-0.2, -0.15) is 0 Å². The molecule has 0 aliphatic carbocycles. The van der Waals surface area contributed by atoms with E-state index in [1.807, 2.05) is 0 Å². The fourth-order valence-corrected chi connectivity index (χ4v) is 9.17. The number of hydrogen-bond donors (Lipinski definition) is 1. The maximum atomic E-state index is 12.8. The van der Waals surface area contributed by atoms with Gasteiger partial charge in [-0.3, -0.25) is 14.4 Å². The van der Waals surface area contributed by atoms with Crippen molar-refractivity contribution in [2.24, 2.45) is 0 Å². The Kier molecular flexibility index (Phi) is 53.0. The molecule has 0 aromatic carbocycles. The average molecular weight is 936 g/mol. The van der Waals surface area contributed by atoms with Gasteiger partial charge in [0, 0.05) is 19.3 Å². The summed E-state index contributed by atoms with van der Waals surface area (Å²) in [5.74, 6) is -0.880. The second kappa shape index (κ2) is 54.3. The highest BCUT2D eigenvalue weighted by atomic mass is 16.6. The van der Waals surface area contributed by atoms with Crippen molar-refractivity contribution in [3.05, 3.63) is 0 Å². The fourth-order valence-electron chi connectivity index (χ4n) is 9.17. The smallest absolute Gasteiger partial charge is 0.306 e. The van der Waals surface area contributed by atoms with Crippen molar-refractivity contribution in [3.8, 4) is 0 Å². The van der Waals surface area contributed by atoms with Crippen molar-refractivity contribution >= 4 is 17.9 Å². The lowest BCUT2D eigenvalue weighted by Crippen LogP contribution is -2.30. The minimum Gasteiger partial charge on any atom is -0.462 e. The first-order chi connectivity index (χ1) is 32.4. The van der Waals surface area contributed by atoms with E-state index in [1.54, 1.807) is 0 Å². The van der Waals surface area contributed by atoms with Crippen LogP contribution in [0.5, 0.6) is 0 Å². The molecule has 0 saturated heterocycles. The van der Waals surface area contributed by atoms with E-state index in [0.29, 0.717) is 19.3 Å². The van der Waals surface area contributed by atoms with Gasteiger partial charge < -0.3 is 19.3 Å². The molecule has 0 heterocycles. The number of aliphatic hydroxyl groups excluding tert-OH is 1. The Morgan fingerprint density at radius 2 is 0.515 bits per heavy atom. The molecule has 0 rings (SSSR count). The highest BCUT2D eigenvalue weighted by molar-refractivity contribution is 5.71. The van der Waals surface area contributed by atoms with Crippen LogP contribution >= 0.6 is 0 Å². The van der Waals surface area contributed by atoms with Gasteiger partial charge in [0.15, 0.2) is 6.10 Å². The van der Waals surface area contributed by atoms with Crippen molar-refractivity contribution in [1.82, 2.24) is 0 Å². The molecule has 0 radical (unpaired) electrons. The maximum absolute atomic E-state index is 12.8. The predicted octanol–water partition coefficient (Wildman–Crippen LogP) is 18.5. The Balaban J connectivity index is 4.29. The van der Waals surface area contributed by atoms with E-state index in [2.05, 4.69) is 20.8 Å². The van der Waals surface area contributed by atoms with Gasteiger partial charge in [-0.25, -0.2) is 0 Å². The zero-order valence-corrected chi connectivity index (χ0v) is 44.6. The van der Waals surface area contributed by atoms with Crippen LogP contribution in [0.15, 0.2) is 0 Å². The minimum absolute atomic E-state index is 0.0759. The summed E-state index contributed by atoms with van der Waals surface area (Å²) in [7, 11) is 0. The SMILES string of the molecule is CCCCCCCCCCCCCCCCCCCCCC(=O)OCC(COC(=O)CCCCCCCCCCC(O)CCCCCC)OC(=O)CCCCCCCCCCCCCCC. The number of carbonyl (C=O) groups excluding carboxylic acids is 3. The molecule has 392 valence electrons. The van der Waals surface area contributed by atoms with Crippen LogP contribution in [-0.4, -0.2) is 48.4 Å². The normalized spacial score (nSPS) is 12.4. The summed E-state index contributed by atoms with van der Waals surface area (Å²) in [4.78, 5) is 38.1. The van der Waals surface area contributed by atoms with Gasteiger partial charge in [-0.15, -0.1) is 0 Å². The van der Waals surface area contributed by atoms with E-state index < -0.39 is 6.10 Å². The minimum atomic E-state index is -0.778. The molecule has 1 N–H and O–H groups in total. The van der Waals surface area contributed by atoms with Crippen LogP contribution in [0.3, 0.4) is 0 Å². The van der Waals surface area contributed by atoms with Gasteiger partial charge in [0.05, 0.1) is 6.10 Å². The Morgan fingerprint density at radius 3 is 0.788 bits per heavy atom. The van der Waals surface area contributed by atoms with Crippen LogP contribution in [0.4, 0.5) is 0 Å². The quantitative estimate of drug-likeness (QED) is 0.0368. The molecule has 0 spiro atoms. The summed E-state index contributed by atoms with van der Waals surface area (Å²) in [5, 5.41) is 10.2. The lowest BCUT2D eigenvalue weighted by Gasteiger charge is -2.18. The second-order valence-corrected chi connectivity index (χ2v) is 20.5. The molecule has 0 bridgehead atoms. The van der Waals surface area contributed by atoms with E-state index in [4.69, 9.17) is 14.2 Å². The van der Waals surface area contributed by atoms with E-state index in [9.17, 15) is 19.5 Å². The molecule has 0 aliphatic rings. The number of carbonyl (C=O) groups is 3. The standard InChI is InChI=1S/C59H114O7/c1-4-7-10-13-15-17-19-21-22-23-24-25-26-28-29-31-36-40-45-50-57(61)64-53-56(66-59(63)52-47-42-38-32-30-27-20-18-16-14-11-8-5-2)54-65-58(62)51-46-41-37-34-33-35-39-44-49-55(60)48-43-12-9-6-3/h55-56,60H,4-54H2,1-3H3. The third-order valence-corrected chi connectivity index (χ3v) is 13.7. The number of rotatable bonds is 55. The summed E-state index contributed by atoms with van der Waals surface area (Å²) < 4.78 is 16.9. The molecule has 0 aromatic heterocycles. The summed E-state index contributed by atoms with van der Waals surface area (Å²) in [5.41, 5.74) is 0. The fraction of sp³-hybridized carbons (Fsp3) is 0.949. The maximum Gasteiger partial charge on any atom is 0.306 e. The summed E-state index contributed by atoms with van der Waals surface area (Å²) in [6.07, 6.45) is 56.7. The van der Waals surface area contributed by atoms with E-state index >= 15 is 0 Å². The van der Waals surface area contributed by atoms with Crippen LogP contribution in [0, 0.1) is 0 Å². The topological polar surface area (TPSA) is 99.1 Å². The lowest BCUT2D eigenvalue weighted by atomic mass is 10.0. The zero-order valence-electron chi connectivity index (χ0n) is 44.6. The van der Waals surface area contributed by atoms with Crippen molar-refractivity contribution in [1.29, 1.82) is 0 Å². The molecular formula is C59H114O7. The molecule has 0 aromatic rings. The van der Waals surface area contributed by atoms with Crippen LogP contribution in [0.25, 0.3) is 0 Å². The average Bonchev–Trinajstić information content (AvgIpc) is 3.31. The molecular weight excluding hydrogens is 821 g/mol. The summed E-state index contributed by atoms with van der Waals surface area (Å²) in [6, 6.07) is 0. The summed E-state index contributed by atoms with van der Waals surface area (Å²) >= 11 is 0. The largest absolute Gasteiger partial charge is 0.462 e. The molecule has 0 aliphatic heterocycles. The van der Waals surface area contributed by atoms with Gasteiger partial charge >= 0.3 is 17.9 Å². The van der Waals surface area contributed by atoms with E-state index in [1.165, 1.54) is 205 Å². The van der Waals surface area contributed by atoms with Crippen molar-refractivity contribution in [2.75, 3.05) is 13.2 Å². The van der Waals surface area contributed by atoms with Crippen LogP contribution in [0.1, 0.15) is 335 Å². The molecule has 7 nitrogen and oxygen atoms in total. The highest BCUT2D eigenvalue weighted by Crippen LogP contribution is 2.18. The highest BCUT2D eigenvalue weighted by Gasteiger charge is 2.19. The Labute approximate surface area is 411 Å². The predicted molar refractivity (Wildman–Crippen MR) is 281 cm³/mol. The number of aliphatic hydroxyl groups is 1. The van der Waals surface area contributed by atoms with Gasteiger partial charge in [0.25, 0.3) is 0 Å². The van der Waals surface area contributed by atoms with E-state index in [0.717, 1.165) is 89.9 Å². The number of esters is 3. The van der Waals surface area contributed by atoms with Gasteiger partial charge in [0.2, 0.25) is 0 Å². The Morgan fingerprint density at radius 1 is 0.303 bits per heavy atom. The van der Waals surface area contributed by atoms with E-state index in [-0.39, 0.29) is 37.2 Å². The first-order valence-electron chi connectivity index (χ1n) is 29.6. The van der Waals surface area contributed by atoms with Gasteiger partial charge in [-0.1, -0.05) is 284 Å². The number of unbranched alkanes of at least 4 members (excludes halogenated alkanes) is 40. The molecule has 66 heavy (non-hydrogen) atoms. The molecule has 0 amide bonds. The van der Waals surface area contributed by atoms with Crippen LogP contribution in [-0.2, 0) is 28.6 Å². The molecule has 2 unspecified atom stereocenters. The third kappa shape index (κ3) is 51.8. The molecule has 0 saturated carbocycles. The number of ether oxygens (including phenoxy) is 3. The first kappa shape index (κ1) is 64.4. The summed E-state index contributed by atoms with van der Waals surface area (Å²) in [6.45, 7) is 6.61.